The van der Waals surface area contributed by atoms with Crippen LogP contribution in [-0.2, 0) is 11.3 Å². The van der Waals surface area contributed by atoms with E-state index in [1.54, 1.807) is 6.07 Å². The second-order valence-electron chi connectivity index (χ2n) is 3.27. The van der Waals surface area contributed by atoms with Gasteiger partial charge in [0.05, 0.1) is 6.61 Å². The van der Waals surface area contributed by atoms with Crippen molar-refractivity contribution in [3.8, 4) is 0 Å². The molecule has 0 amide bonds. The number of aliphatic hydroxyl groups is 1. The van der Waals surface area contributed by atoms with Gasteiger partial charge in [-0.2, -0.15) is 13.2 Å². The van der Waals surface area contributed by atoms with Crippen molar-refractivity contribution in [2.45, 2.75) is 25.0 Å². The third-order valence-electron chi connectivity index (χ3n) is 2.00. The van der Waals surface area contributed by atoms with Crippen LogP contribution in [0.5, 0.6) is 0 Å². The maximum Gasteiger partial charge on any atom is 0.449 e. The van der Waals surface area contributed by atoms with E-state index >= 15 is 0 Å². The van der Waals surface area contributed by atoms with E-state index in [-0.39, 0.29) is 5.56 Å². The van der Waals surface area contributed by atoms with Crippen LogP contribution in [0.15, 0.2) is 30.3 Å². The zero-order valence-corrected chi connectivity index (χ0v) is 8.42. The molecular formula is C10H9F5O2. The minimum Gasteiger partial charge on any atom is -0.354 e. The first-order valence-electron chi connectivity index (χ1n) is 4.52. The predicted octanol–water partition coefficient (Wildman–Crippen LogP) is 2.72. The Morgan fingerprint density at radius 2 is 1.65 bits per heavy atom. The molecule has 0 aliphatic heterocycles. The number of hydrogen-bond donors (Lipinski definition) is 1. The summed E-state index contributed by atoms with van der Waals surface area (Å²) < 4.78 is 64.9. The highest BCUT2D eigenvalue weighted by atomic mass is 19.4. The molecule has 17 heavy (non-hydrogen) atoms. The van der Waals surface area contributed by atoms with Crippen molar-refractivity contribution in [1.29, 1.82) is 0 Å². The first kappa shape index (κ1) is 13.9. The molecule has 0 saturated heterocycles. The van der Waals surface area contributed by atoms with Crippen LogP contribution in [-0.4, -0.2) is 23.5 Å². The van der Waals surface area contributed by atoms with Gasteiger partial charge >= 0.3 is 18.4 Å². The Morgan fingerprint density at radius 3 is 2.06 bits per heavy atom. The summed E-state index contributed by atoms with van der Waals surface area (Å²) in [4.78, 5) is 0. The van der Waals surface area contributed by atoms with E-state index in [1.807, 2.05) is 0 Å². The number of rotatable bonds is 4. The van der Waals surface area contributed by atoms with Crippen LogP contribution >= 0.6 is 0 Å². The molecule has 7 heteroatoms. The van der Waals surface area contributed by atoms with Gasteiger partial charge in [-0.3, -0.25) is 0 Å². The van der Waals surface area contributed by atoms with Crippen LogP contribution in [0, 0.1) is 0 Å². The monoisotopic (exact) mass is 256 g/mol. The van der Waals surface area contributed by atoms with Gasteiger partial charge in [0.15, 0.2) is 0 Å². The summed E-state index contributed by atoms with van der Waals surface area (Å²) in [5, 5.41) is 8.79. The van der Waals surface area contributed by atoms with Crippen molar-refractivity contribution in [3.63, 3.8) is 0 Å². The van der Waals surface area contributed by atoms with Gasteiger partial charge in [-0.05, 0) is 5.56 Å². The topological polar surface area (TPSA) is 29.5 Å². The Morgan fingerprint density at radius 1 is 1.12 bits per heavy atom. The van der Waals surface area contributed by atoms with Crippen molar-refractivity contribution in [2.24, 2.45) is 0 Å². The molecule has 1 atom stereocenters. The molecule has 1 rings (SSSR count). The predicted molar refractivity (Wildman–Crippen MR) is 48.2 cm³/mol. The average molecular weight is 256 g/mol. The Labute approximate surface area is 93.6 Å². The van der Waals surface area contributed by atoms with Gasteiger partial charge in [-0.15, -0.1) is 0 Å². The Hall–Kier alpha value is -1.21. The molecule has 0 saturated carbocycles. The molecular weight excluding hydrogens is 247 g/mol. The fraction of sp³-hybridized carbons (Fsp3) is 0.400. The molecule has 1 aromatic rings. The van der Waals surface area contributed by atoms with Crippen molar-refractivity contribution < 1.29 is 31.8 Å². The van der Waals surface area contributed by atoms with Crippen molar-refractivity contribution in [1.82, 2.24) is 0 Å². The quantitative estimate of drug-likeness (QED) is 0.663. The van der Waals surface area contributed by atoms with Crippen molar-refractivity contribution >= 4 is 0 Å². The molecule has 1 unspecified atom stereocenters. The minimum absolute atomic E-state index is 0.246. The molecule has 0 radical (unpaired) electrons. The highest BCUT2D eigenvalue weighted by molar-refractivity contribution is 5.13. The van der Waals surface area contributed by atoms with Crippen LogP contribution in [0.2, 0.25) is 0 Å². The fourth-order valence-electron chi connectivity index (χ4n) is 1.04. The van der Waals surface area contributed by atoms with Crippen LogP contribution in [0.25, 0.3) is 0 Å². The zero-order chi connectivity index (χ0) is 13.1. The molecule has 96 valence electrons. The Bertz CT molecular complexity index is 351. The largest absolute Gasteiger partial charge is 0.449 e. The standard InChI is InChI=1S/C10H9F5O2/c11-8(12)9(16,10(13,14)15)17-6-7-4-2-1-3-5-7/h1-5,8,16H,6H2. The lowest BCUT2D eigenvalue weighted by Crippen LogP contribution is -2.53. The summed E-state index contributed by atoms with van der Waals surface area (Å²) in [6.07, 6.45) is -9.64. The van der Waals surface area contributed by atoms with Gasteiger partial charge in [0.25, 0.3) is 0 Å². The van der Waals surface area contributed by atoms with Gasteiger partial charge in [0, 0.05) is 0 Å². The molecule has 1 N–H and O–H groups in total. The van der Waals surface area contributed by atoms with Crippen molar-refractivity contribution in [3.05, 3.63) is 35.9 Å². The molecule has 0 bridgehead atoms. The van der Waals surface area contributed by atoms with Crippen LogP contribution < -0.4 is 0 Å². The van der Waals surface area contributed by atoms with E-state index in [4.69, 9.17) is 5.11 Å². The molecule has 0 fully saturated rings. The van der Waals surface area contributed by atoms with E-state index in [0.29, 0.717) is 0 Å². The van der Waals surface area contributed by atoms with E-state index in [0.717, 1.165) is 0 Å². The second-order valence-corrected chi connectivity index (χ2v) is 3.27. The summed E-state index contributed by atoms with van der Waals surface area (Å²) in [6.45, 7) is -0.763. The molecule has 0 aliphatic carbocycles. The molecule has 0 spiro atoms. The van der Waals surface area contributed by atoms with Crippen LogP contribution in [0.3, 0.4) is 0 Å². The molecule has 0 aromatic heterocycles. The van der Waals surface area contributed by atoms with E-state index < -0.39 is 25.0 Å². The normalized spacial score (nSPS) is 15.9. The number of benzene rings is 1. The molecule has 0 heterocycles. The molecule has 1 aromatic carbocycles. The fourth-order valence-corrected chi connectivity index (χ4v) is 1.04. The summed E-state index contributed by atoms with van der Waals surface area (Å²) in [5.74, 6) is -4.44. The Kier molecular flexibility index (Phi) is 4.05. The van der Waals surface area contributed by atoms with Gasteiger partial charge < -0.3 is 9.84 Å². The number of ether oxygens (including phenoxy) is 1. The van der Waals surface area contributed by atoms with Gasteiger partial charge in [-0.25, -0.2) is 8.78 Å². The highest BCUT2D eigenvalue weighted by Gasteiger charge is 2.62. The lowest BCUT2D eigenvalue weighted by atomic mass is 10.2. The average Bonchev–Trinajstić information content (AvgIpc) is 2.25. The maximum absolute atomic E-state index is 12.2. The van der Waals surface area contributed by atoms with Gasteiger partial charge in [0.1, 0.15) is 0 Å². The highest BCUT2D eigenvalue weighted by Crippen LogP contribution is 2.36. The Balaban J connectivity index is 2.76. The second kappa shape index (κ2) is 4.97. The third kappa shape index (κ3) is 3.13. The smallest absolute Gasteiger partial charge is 0.354 e. The maximum atomic E-state index is 12.2. The van der Waals surface area contributed by atoms with Crippen LogP contribution in [0.1, 0.15) is 5.56 Å². The van der Waals surface area contributed by atoms with Gasteiger partial charge in [-0.1, -0.05) is 30.3 Å². The molecule has 2 nitrogen and oxygen atoms in total. The van der Waals surface area contributed by atoms with E-state index in [1.165, 1.54) is 24.3 Å². The van der Waals surface area contributed by atoms with Crippen LogP contribution in [0.4, 0.5) is 22.0 Å². The summed E-state index contributed by atoms with van der Waals surface area (Å²) in [7, 11) is 0. The number of hydrogen-bond acceptors (Lipinski definition) is 2. The SMILES string of the molecule is OC(OCc1ccccc1)(C(F)F)C(F)(F)F. The number of halogens is 5. The molecule has 0 aliphatic rings. The third-order valence-corrected chi connectivity index (χ3v) is 2.00. The van der Waals surface area contributed by atoms with E-state index in [9.17, 15) is 22.0 Å². The first-order chi connectivity index (χ1) is 7.77. The van der Waals surface area contributed by atoms with Crippen molar-refractivity contribution in [2.75, 3.05) is 0 Å². The first-order valence-corrected chi connectivity index (χ1v) is 4.52. The summed E-state index contributed by atoms with van der Waals surface area (Å²) >= 11 is 0. The number of alkyl halides is 5. The zero-order valence-electron chi connectivity index (χ0n) is 8.42. The van der Waals surface area contributed by atoms with Gasteiger partial charge in [0.2, 0.25) is 0 Å². The lowest BCUT2D eigenvalue weighted by molar-refractivity contribution is -0.404. The summed E-state index contributed by atoms with van der Waals surface area (Å²) in [6, 6.07) is 7.40. The summed E-state index contributed by atoms with van der Waals surface area (Å²) in [5.41, 5.74) is 0.246. The minimum atomic E-state index is -5.56. The van der Waals surface area contributed by atoms with E-state index in [2.05, 4.69) is 4.74 Å². The lowest BCUT2D eigenvalue weighted by Gasteiger charge is -2.29.